The topological polar surface area (TPSA) is 86.7 Å². The summed E-state index contributed by atoms with van der Waals surface area (Å²) >= 11 is 1.61. The maximum atomic E-state index is 11.8. The summed E-state index contributed by atoms with van der Waals surface area (Å²) < 4.78 is 0. The molecule has 19 heavy (non-hydrogen) atoms. The van der Waals surface area contributed by atoms with Crippen LogP contribution in [0.25, 0.3) is 0 Å². The van der Waals surface area contributed by atoms with Crippen LogP contribution in [0.4, 0.5) is 0 Å². The van der Waals surface area contributed by atoms with Gasteiger partial charge in [0.2, 0.25) is 11.8 Å². The predicted octanol–water partition coefficient (Wildman–Crippen LogP) is 0.447. The second kappa shape index (κ2) is 7.18. The van der Waals surface area contributed by atoms with Crippen molar-refractivity contribution in [2.45, 2.75) is 19.8 Å². The molecule has 106 valence electrons. The first-order valence-electron chi connectivity index (χ1n) is 5.96. The van der Waals surface area contributed by atoms with Crippen molar-refractivity contribution >= 4 is 29.5 Å². The fourth-order valence-electron chi connectivity index (χ4n) is 1.86. The molecule has 1 aliphatic heterocycles. The van der Waals surface area contributed by atoms with E-state index in [-0.39, 0.29) is 36.8 Å². The first-order valence-corrected chi connectivity index (χ1v) is 7.35. The van der Waals surface area contributed by atoms with Crippen molar-refractivity contribution in [3.8, 4) is 0 Å². The van der Waals surface area contributed by atoms with Gasteiger partial charge in [0.15, 0.2) is 0 Å². The first kappa shape index (κ1) is 15.6. The number of carboxylic acid groups (broad SMARTS) is 1. The number of carbonyl (C=O) groups is 3. The molecule has 7 heteroatoms. The Morgan fingerprint density at radius 1 is 1.42 bits per heavy atom. The summed E-state index contributed by atoms with van der Waals surface area (Å²) in [6.45, 7) is 1.99. The summed E-state index contributed by atoms with van der Waals surface area (Å²) in [5.74, 6) is -0.705. The van der Waals surface area contributed by atoms with Gasteiger partial charge in [-0.25, -0.2) is 4.79 Å². The number of hydrogen-bond donors (Lipinski definition) is 2. The minimum atomic E-state index is -1.03. The number of hydrogen-bond acceptors (Lipinski definition) is 4. The molecule has 0 atom stereocenters. The number of amides is 2. The van der Waals surface area contributed by atoms with Gasteiger partial charge in [0.05, 0.1) is 5.57 Å². The van der Waals surface area contributed by atoms with Crippen molar-refractivity contribution in [2.24, 2.45) is 0 Å². The van der Waals surface area contributed by atoms with Crippen LogP contribution in [-0.4, -0.2) is 52.9 Å². The Morgan fingerprint density at radius 3 is 2.68 bits per heavy atom. The number of nitrogens with zero attached hydrogens (tertiary/aromatic N) is 1. The molecule has 1 aliphatic rings. The van der Waals surface area contributed by atoms with E-state index in [1.54, 1.807) is 18.7 Å². The lowest BCUT2D eigenvalue weighted by atomic mass is 10.0. The van der Waals surface area contributed by atoms with Gasteiger partial charge in [-0.05, 0) is 19.6 Å². The van der Waals surface area contributed by atoms with Crippen LogP contribution in [0, 0.1) is 0 Å². The average Bonchev–Trinajstić information content (AvgIpc) is 2.34. The second-order valence-electron chi connectivity index (χ2n) is 4.19. The number of carboxylic acids is 1. The molecule has 0 aliphatic carbocycles. The van der Waals surface area contributed by atoms with Crippen LogP contribution in [0.3, 0.4) is 0 Å². The lowest BCUT2D eigenvalue weighted by Gasteiger charge is -2.28. The maximum absolute atomic E-state index is 11.8. The molecule has 0 fully saturated rings. The van der Waals surface area contributed by atoms with Crippen molar-refractivity contribution in [3.05, 3.63) is 11.3 Å². The molecule has 0 spiro atoms. The Balaban J connectivity index is 2.69. The second-order valence-corrected chi connectivity index (χ2v) is 5.18. The zero-order chi connectivity index (χ0) is 14.4. The van der Waals surface area contributed by atoms with Gasteiger partial charge in [0.25, 0.3) is 0 Å². The predicted molar refractivity (Wildman–Crippen MR) is 72.7 cm³/mol. The lowest BCUT2D eigenvalue weighted by molar-refractivity contribution is -0.137. The zero-order valence-electron chi connectivity index (χ0n) is 11.1. The van der Waals surface area contributed by atoms with Crippen molar-refractivity contribution in [3.63, 3.8) is 0 Å². The van der Waals surface area contributed by atoms with Crippen molar-refractivity contribution in [2.75, 3.05) is 25.1 Å². The Hall–Kier alpha value is -1.50. The van der Waals surface area contributed by atoms with Crippen molar-refractivity contribution < 1.29 is 19.5 Å². The maximum Gasteiger partial charge on any atom is 0.333 e. The molecular weight excluding hydrogens is 268 g/mol. The van der Waals surface area contributed by atoms with Crippen molar-refractivity contribution in [1.29, 1.82) is 0 Å². The number of allylic oxidation sites excluding steroid dienone is 1. The molecule has 1 rings (SSSR count). The molecule has 0 saturated carbocycles. The number of nitrogens with one attached hydrogen (secondary N) is 1. The van der Waals surface area contributed by atoms with E-state index < -0.39 is 5.97 Å². The molecule has 2 amide bonds. The third kappa shape index (κ3) is 4.27. The van der Waals surface area contributed by atoms with Crippen LogP contribution in [0.2, 0.25) is 0 Å². The Labute approximate surface area is 116 Å². The number of thioether (sulfide) groups is 1. The van der Waals surface area contributed by atoms with Gasteiger partial charge in [0, 0.05) is 24.4 Å². The number of carbonyl (C=O) groups excluding carboxylic acids is 2. The lowest BCUT2D eigenvalue weighted by Crippen LogP contribution is -2.42. The van der Waals surface area contributed by atoms with E-state index in [1.165, 1.54) is 4.90 Å². The first-order chi connectivity index (χ1) is 8.97. The van der Waals surface area contributed by atoms with Crippen LogP contribution in [0.5, 0.6) is 0 Å². The third-order valence-corrected chi connectivity index (χ3v) is 3.53. The SMILES string of the molecule is CSCCNC(=O)CN1C(=O)CCC(C(=O)O)=C1C. The largest absolute Gasteiger partial charge is 0.478 e. The summed E-state index contributed by atoms with van der Waals surface area (Å²) in [4.78, 5) is 35.7. The molecule has 0 saturated heterocycles. The van der Waals surface area contributed by atoms with Crippen LogP contribution in [-0.2, 0) is 14.4 Å². The van der Waals surface area contributed by atoms with Gasteiger partial charge in [-0.1, -0.05) is 0 Å². The molecule has 6 nitrogen and oxygen atoms in total. The summed E-state index contributed by atoms with van der Waals surface area (Å²) in [6, 6.07) is 0. The molecule has 0 bridgehead atoms. The summed E-state index contributed by atoms with van der Waals surface area (Å²) in [7, 11) is 0. The summed E-state index contributed by atoms with van der Waals surface area (Å²) in [5.41, 5.74) is 0.570. The van der Waals surface area contributed by atoms with Gasteiger partial charge in [-0.2, -0.15) is 11.8 Å². The van der Waals surface area contributed by atoms with Gasteiger partial charge < -0.3 is 15.3 Å². The van der Waals surface area contributed by atoms with Crippen LogP contribution in [0.15, 0.2) is 11.3 Å². The minimum absolute atomic E-state index is 0.115. The number of aliphatic carboxylic acids is 1. The zero-order valence-corrected chi connectivity index (χ0v) is 11.9. The highest BCUT2D eigenvalue weighted by Crippen LogP contribution is 2.22. The highest BCUT2D eigenvalue weighted by atomic mass is 32.2. The normalized spacial score (nSPS) is 15.7. The fraction of sp³-hybridized carbons (Fsp3) is 0.583. The Kier molecular flexibility index (Phi) is 5.88. The molecule has 0 aromatic carbocycles. The van der Waals surface area contributed by atoms with Gasteiger partial charge >= 0.3 is 5.97 Å². The molecule has 0 radical (unpaired) electrons. The van der Waals surface area contributed by atoms with Crippen LogP contribution in [0.1, 0.15) is 19.8 Å². The van der Waals surface area contributed by atoms with Crippen LogP contribution >= 0.6 is 11.8 Å². The van der Waals surface area contributed by atoms with E-state index >= 15 is 0 Å². The van der Waals surface area contributed by atoms with Gasteiger partial charge in [-0.15, -0.1) is 0 Å². The highest BCUT2D eigenvalue weighted by molar-refractivity contribution is 7.98. The summed E-state index contributed by atoms with van der Waals surface area (Å²) in [5, 5.41) is 11.7. The molecule has 0 aromatic heterocycles. The molecule has 1 heterocycles. The third-order valence-electron chi connectivity index (χ3n) is 2.92. The fourth-order valence-corrected chi connectivity index (χ4v) is 2.16. The summed E-state index contributed by atoms with van der Waals surface area (Å²) in [6.07, 6.45) is 2.30. The molecule has 0 aromatic rings. The highest BCUT2D eigenvalue weighted by Gasteiger charge is 2.28. The molecular formula is C12H18N2O4S. The van der Waals surface area contributed by atoms with E-state index in [4.69, 9.17) is 5.11 Å². The Bertz CT molecular complexity index is 420. The number of rotatable bonds is 6. The van der Waals surface area contributed by atoms with Gasteiger partial charge in [0.1, 0.15) is 6.54 Å². The van der Waals surface area contributed by atoms with E-state index in [0.29, 0.717) is 12.2 Å². The smallest absolute Gasteiger partial charge is 0.333 e. The average molecular weight is 286 g/mol. The monoisotopic (exact) mass is 286 g/mol. The van der Waals surface area contributed by atoms with E-state index in [2.05, 4.69) is 5.32 Å². The minimum Gasteiger partial charge on any atom is -0.478 e. The van der Waals surface area contributed by atoms with E-state index in [9.17, 15) is 14.4 Å². The quantitative estimate of drug-likeness (QED) is 0.692. The van der Waals surface area contributed by atoms with Crippen LogP contribution < -0.4 is 5.32 Å². The van der Waals surface area contributed by atoms with Crippen molar-refractivity contribution in [1.82, 2.24) is 10.2 Å². The molecule has 0 unspecified atom stereocenters. The standard InChI is InChI=1S/C12H18N2O4S/c1-8-9(12(17)18)3-4-11(16)14(8)7-10(15)13-5-6-19-2/h3-7H2,1-2H3,(H,13,15)(H,17,18). The molecule has 2 N–H and O–H groups in total. The van der Waals surface area contributed by atoms with E-state index in [0.717, 1.165) is 5.75 Å². The van der Waals surface area contributed by atoms with E-state index in [1.807, 2.05) is 6.26 Å². The Morgan fingerprint density at radius 2 is 2.11 bits per heavy atom. The van der Waals surface area contributed by atoms with Gasteiger partial charge in [-0.3, -0.25) is 9.59 Å².